The molecule has 0 atom stereocenters. The SMILES string of the molecule is CN(Cc1ccc([N+](=O)[O-])cc1)C1CCN(c2ccc([N+](=O)[O-])cc2)CC1. The number of hydrogen-bond acceptors (Lipinski definition) is 6. The fraction of sp³-hybridized carbons (Fsp3) is 0.368. The number of rotatable bonds is 6. The smallest absolute Gasteiger partial charge is 0.269 e. The summed E-state index contributed by atoms with van der Waals surface area (Å²) < 4.78 is 0. The van der Waals surface area contributed by atoms with Crippen molar-refractivity contribution in [2.45, 2.75) is 25.4 Å². The standard InChI is InChI=1S/C19H22N4O4/c1-20(14-15-2-4-18(5-3-15)22(24)25)16-10-12-21(13-11-16)17-6-8-19(9-7-17)23(26)27/h2-9,16H,10-14H2,1H3. The van der Waals surface area contributed by atoms with Gasteiger partial charge in [-0.2, -0.15) is 0 Å². The molecule has 2 aromatic rings. The van der Waals surface area contributed by atoms with Crippen molar-refractivity contribution in [2.24, 2.45) is 0 Å². The Morgan fingerprint density at radius 2 is 1.41 bits per heavy atom. The van der Waals surface area contributed by atoms with E-state index in [-0.39, 0.29) is 21.2 Å². The molecule has 0 amide bonds. The zero-order valence-electron chi connectivity index (χ0n) is 15.2. The summed E-state index contributed by atoms with van der Waals surface area (Å²) >= 11 is 0. The average Bonchev–Trinajstić information content (AvgIpc) is 2.68. The van der Waals surface area contributed by atoms with E-state index in [2.05, 4.69) is 16.8 Å². The van der Waals surface area contributed by atoms with Crippen molar-refractivity contribution in [3.63, 3.8) is 0 Å². The highest BCUT2D eigenvalue weighted by molar-refractivity contribution is 5.51. The Bertz CT molecular complexity index is 799. The quantitative estimate of drug-likeness (QED) is 0.570. The highest BCUT2D eigenvalue weighted by Crippen LogP contribution is 2.25. The molecule has 0 N–H and O–H groups in total. The van der Waals surface area contributed by atoms with Gasteiger partial charge in [-0.25, -0.2) is 0 Å². The van der Waals surface area contributed by atoms with Crippen LogP contribution in [-0.2, 0) is 6.54 Å². The predicted octanol–water partition coefficient (Wildman–Crippen LogP) is 3.60. The lowest BCUT2D eigenvalue weighted by Crippen LogP contribution is -2.43. The van der Waals surface area contributed by atoms with Crippen LogP contribution in [0.2, 0.25) is 0 Å². The Labute approximate surface area is 157 Å². The van der Waals surface area contributed by atoms with E-state index >= 15 is 0 Å². The molecular weight excluding hydrogens is 348 g/mol. The molecule has 0 spiro atoms. The zero-order chi connectivity index (χ0) is 19.4. The van der Waals surface area contributed by atoms with Crippen LogP contribution in [0.3, 0.4) is 0 Å². The summed E-state index contributed by atoms with van der Waals surface area (Å²) in [6, 6.07) is 13.8. The van der Waals surface area contributed by atoms with E-state index in [0.717, 1.165) is 43.7 Å². The molecule has 142 valence electrons. The minimum Gasteiger partial charge on any atom is -0.371 e. The van der Waals surface area contributed by atoms with Gasteiger partial charge < -0.3 is 4.90 Å². The summed E-state index contributed by atoms with van der Waals surface area (Å²) in [5.41, 5.74) is 2.28. The lowest BCUT2D eigenvalue weighted by atomic mass is 10.0. The highest BCUT2D eigenvalue weighted by atomic mass is 16.6. The normalized spacial score (nSPS) is 15.1. The molecule has 3 rings (SSSR count). The number of nitro groups is 2. The van der Waals surface area contributed by atoms with Gasteiger partial charge in [-0.15, -0.1) is 0 Å². The van der Waals surface area contributed by atoms with E-state index in [1.807, 2.05) is 0 Å². The van der Waals surface area contributed by atoms with Crippen LogP contribution < -0.4 is 4.90 Å². The molecule has 27 heavy (non-hydrogen) atoms. The Kier molecular flexibility index (Phi) is 5.66. The fourth-order valence-electron chi connectivity index (χ4n) is 3.49. The topological polar surface area (TPSA) is 92.8 Å². The number of benzene rings is 2. The third kappa shape index (κ3) is 4.59. The molecule has 1 aliphatic heterocycles. The first-order chi connectivity index (χ1) is 12.9. The van der Waals surface area contributed by atoms with Gasteiger partial charge in [-0.3, -0.25) is 25.1 Å². The summed E-state index contributed by atoms with van der Waals surface area (Å²) in [5.74, 6) is 0. The third-order valence-corrected chi connectivity index (χ3v) is 5.09. The van der Waals surface area contributed by atoms with Gasteiger partial charge in [-0.1, -0.05) is 12.1 Å². The Morgan fingerprint density at radius 1 is 0.926 bits per heavy atom. The largest absolute Gasteiger partial charge is 0.371 e. The second-order valence-electron chi connectivity index (χ2n) is 6.83. The minimum absolute atomic E-state index is 0.108. The minimum atomic E-state index is -0.387. The van der Waals surface area contributed by atoms with Gasteiger partial charge in [0.2, 0.25) is 0 Å². The number of hydrogen-bond donors (Lipinski definition) is 0. The van der Waals surface area contributed by atoms with E-state index in [0.29, 0.717) is 6.04 Å². The summed E-state index contributed by atoms with van der Waals surface area (Å²) in [4.78, 5) is 25.3. The second kappa shape index (κ2) is 8.13. The molecule has 0 aliphatic carbocycles. The monoisotopic (exact) mass is 370 g/mol. The van der Waals surface area contributed by atoms with E-state index in [9.17, 15) is 20.2 Å². The molecule has 0 saturated carbocycles. The van der Waals surface area contributed by atoms with Gasteiger partial charge in [0, 0.05) is 55.6 Å². The number of nitro benzene ring substituents is 2. The van der Waals surface area contributed by atoms with Gasteiger partial charge in [-0.05, 0) is 37.6 Å². The Balaban J connectivity index is 1.53. The molecular formula is C19H22N4O4. The first-order valence-corrected chi connectivity index (χ1v) is 8.87. The molecule has 1 fully saturated rings. The van der Waals surface area contributed by atoms with Crippen molar-refractivity contribution in [1.82, 2.24) is 4.90 Å². The van der Waals surface area contributed by atoms with Crippen LogP contribution in [-0.4, -0.2) is 40.9 Å². The van der Waals surface area contributed by atoms with Crippen molar-refractivity contribution in [1.29, 1.82) is 0 Å². The number of nitrogens with zero attached hydrogens (tertiary/aromatic N) is 4. The van der Waals surface area contributed by atoms with Crippen molar-refractivity contribution >= 4 is 17.1 Å². The molecule has 1 saturated heterocycles. The van der Waals surface area contributed by atoms with Crippen molar-refractivity contribution < 1.29 is 9.85 Å². The van der Waals surface area contributed by atoms with E-state index < -0.39 is 0 Å². The van der Waals surface area contributed by atoms with E-state index in [4.69, 9.17) is 0 Å². The summed E-state index contributed by atoms with van der Waals surface area (Å²) in [5, 5.41) is 21.5. The molecule has 2 aromatic carbocycles. The molecule has 0 bridgehead atoms. The Morgan fingerprint density at radius 3 is 1.89 bits per heavy atom. The van der Waals surface area contributed by atoms with Gasteiger partial charge in [0.05, 0.1) is 9.85 Å². The Hall–Kier alpha value is -3.00. The first-order valence-electron chi connectivity index (χ1n) is 8.87. The predicted molar refractivity (Wildman–Crippen MR) is 103 cm³/mol. The fourth-order valence-corrected chi connectivity index (χ4v) is 3.49. The first kappa shape index (κ1) is 18.8. The molecule has 8 heteroatoms. The number of anilines is 1. The van der Waals surface area contributed by atoms with Crippen molar-refractivity contribution in [3.05, 3.63) is 74.3 Å². The maximum absolute atomic E-state index is 10.8. The molecule has 0 aromatic heterocycles. The van der Waals surface area contributed by atoms with Crippen LogP contribution in [0.25, 0.3) is 0 Å². The zero-order valence-corrected chi connectivity index (χ0v) is 15.2. The summed E-state index contributed by atoms with van der Waals surface area (Å²) in [6.45, 7) is 2.54. The maximum Gasteiger partial charge on any atom is 0.269 e. The molecule has 0 unspecified atom stereocenters. The van der Waals surface area contributed by atoms with Crippen LogP contribution in [0.5, 0.6) is 0 Å². The lowest BCUT2D eigenvalue weighted by molar-refractivity contribution is -0.385. The molecule has 1 heterocycles. The van der Waals surface area contributed by atoms with Gasteiger partial charge in [0.15, 0.2) is 0 Å². The van der Waals surface area contributed by atoms with E-state index in [1.54, 1.807) is 48.5 Å². The van der Waals surface area contributed by atoms with Crippen molar-refractivity contribution in [2.75, 3.05) is 25.0 Å². The van der Waals surface area contributed by atoms with Crippen LogP contribution in [0, 0.1) is 20.2 Å². The highest BCUT2D eigenvalue weighted by Gasteiger charge is 2.23. The molecule has 8 nitrogen and oxygen atoms in total. The number of piperidine rings is 1. The van der Waals surface area contributed by atoms with Gasteiger partial charge >= 0.3 is 0 Å². The molecule has 1 aliphatic rings. The van der Waals surface area contributed by atoms with Gasteiger partial charge in [0.25, 0.3) is 11.4 Å². The number of non-ortho nitro benzene ring substituents is 2. The van der Waals surface area contributed by atoms with Gasteiger partial charge in [0.1, 0.15) is 0 Å². The average molecular weight is 370 g/mol. The van der Waals surface area contributed by atoms with Crippen LogP contribution in [0.1, 0.15) is 18.4 Å². The third-order valence-electron chi connectivity index (χ3n) is 5.09. The summed E-state index contributed by atoms with van der Waals surface area (Å²) in [7, 11) is 2.08. The van der Waals surface area contributed by atoms with Crippen molar-refractivity contribution in [3.8, 4) is 0 Å². The second-order valence-corrected chi connectivity index (χ2v) is 6.83. The van der Waals surface area contributed by atoms with Crippen LogP contribution in [0.15, 0.2) is 48.5 Å². The van der Waals surface area contributed by atoms with E-state index in [1.165, 1.54) is 0 Å². The van der Waals surface area contributed by atoms with Crippen LogP contribution >= 0.6 is 0 Å². The molecule has 0 radical (unpaired) electrons. The lowest BCUT2D eigenvalue weighted by Gasteiger charge is -2.38. The summed E-state index contributed by atoms with van der Waals surface area (Å²) in [6.07, 6.45) is 2.00. The van der Waals surface area contributed by atoms with Crippen LogP contribution in [0.4, 0.5) is 17.1 Å². The maximum atomic E-state index is 10.8.